The number of methoxy groups -OCH3 is 1. The molecule has 6 nitrogen and oxygen atoms in total. The van der Waals surface area contributed by atoms with Gasteiger partial charge in [-0.25, -0.2) is 0 Å². The fraction of sp³-hybridized carbons (Fsp3) is 0.818. The van der Waals surface area contributed by atoms with Crippen LogP contribution >= 0.6 is 0 Å². The fourth-order valence-corrected chi connectivity index (χ4v) is 2.04. The van der Waals surface area contributed by atoms with Gasteiger partial charge in [-0.1, -0.05) is 18.5 Å². The lowest BCUT2D eigenvalue weighted by molar-refractivity contribution is 0.0854. The topological polar surface area (TPSA) is 80.4 Å². The number of ether oxygens (including phenoxy) is 1. The van der Waals surface area contributed by atoms with Gasteiger partial charge in [0.1, 0.15) is 6.10 Å². The van der Waals surface area contributed by atoms with E-state index in [9.17, 15) is 5.11 Å². The highest BCUT2D eigenvalue weighted by atomic mass is 16.5. The van der Waals surface area contributed by atoms with Gasteiger partial charge in [-0.2, -0.15) is 4.98 Å². The summed E-state index contributed by atoms with van der Waals surface area (Å²) in [6, 6.07) is -0.0367. The lowest BCUT2D eigenvalue weighted by atomic mass is 10.2. The predicted molar refractivity (Wildman–Crippen MR) is 60.3 cm³/mol. The van der Waals surface area contributed by atoms with E-state index in [1.807, 2.05) is 0 Å². The summed E-state index contributed by atoms with van der Waals surface area (Å²) in [4.78, 5) is 4.34. The van der Waals surface area contributed by atoms with Crippen molar-refractivity contribution in [2.24, 2.45) is 0 Å². The first-order valence-electron chi connectivity index (χ1n) is 6.02. The number of rotatable bonds is 5. The Bertz CT molecular complexity index is 337. The van der Waals surface area contributed by atoms with Crippen molar-refractivity contribution in [2.75, 3.05) is 13.7 Å². The monoisotopic (exact) mass is 241 g/mol. The molecule has 0 aromatic carbocycles. The smallest absolute Gasteiger partial charge is 0.243 e. The molecule has 0 spiro atoms. The first kappa shape index (κ1) is 12.5. The van der Waals surface area contributed by atoms with E-state index in [0.29, 0.717) is 24.7 Å². The predicted octanol–water partition coefficient (Wildman–Crippen LogP) is 0.952. The second-order valence-corrected chi connectivity index (χ2v) is 4.35. The molecule has 1 unspecified atom stereocenters. The third-order valence-corrected chi connectivity index (χ3v) is 2.99. The Kier molecular flexibility index (Phi) is 4.09. The average molecular weight is 241 g/mol. The molecule has 17 heavy (non-hydrogen) atoms. The lowest BCUT2D eigenvalue weighted by Crippen LogP contribution is -2.15. The number of hydrogen-bond acceptors (Lipinski definition) is 6. The molecule has 2 N–H and O–H groups in total. The Hall–Kier alpha value is -0.980. The van der Waals surface area contributed by atoms with E-state index in [1.165, 1.54) is 0 Å². The molecule has 96 valence electrons. The lowest BCUT2D eigenvalue weighted by Gasteiger charge is -2.08. The Morgan fingerprint density at radius 1 is 1.65 bits per heavy atom. The summed E-state index contributed by atoms with van der Waals surface area (Å²) < 4.78 is 10.5. The van der Waals surface area contributed by atoms with Crippen molar-refractivity contribution in [3.63, 3.8) is 0 Å². The van der Waals surface area contributed by atoms with E-state index >= 15 is 0 Å². The number of nitrogens with one attached hydrogen (secondary N) is 1. The molecule has 1 saturated heterocycles. The minimum Gasteiger partial charge on any atom is -0.392 e. The largest absolute Gasteiger partial charge is 0.392 e. The highest BCUT2D eigenvalue weighted by molar-refractivity contribution is 4.99. The van der Waals surface area contributed by atoms with Crippen molar-refractivity contribution < 1.29 is 14.4 Å². The van der Waals surface area contributed by atoms with Crippen LogP contribution < -0.4 is 5.32 Å². The SMILES string of the molecule is CCCC(OC)c1noc([C@H]2C[C@@H](O)CN2)n1. The molecule has 0 amide bonds. The average Bonchev–Trinajstić information content (AvgIpc) is 2.94. The van der Waals surface area contributed by atoms with Gasteiger partial charge >= 0.3 is 0 Å². The van der Waals surface area contributed by atoms with Crippen molar-refractivity contribution >= 4 is 0 Å². The molecule has 6 heteroatoms. The summed E-state index contributed by atoms with van der Waals surface area (Å²) in [5.41, 5.74) is 0. The number of aliphatic hydroxyl groups is 1. The van der Waals surface area contributed by atoms with Crippen LogP contribution in [0.1, 0.15) is 50.0 Å². The molecule has 1 aromatic heterocycles. The first-order chi connectivity index (χ1) is 8.24. The van der Waals surface area contributed by atoms with Crippen LogP contribution in [0.15, 0.2) is 4.52 Å². The van der Waals surface area contributed by atoms with E-state index in [0.717, 1.165) is 12.8 Å². The molecule has 0 bridgehead atoms. The second-order valence-electron chi connectivity index (χ2n) is 4.35. The molecule has 1 aliphatic rings. The van der Waals surface area contributed by atoms with Gasteiger partial charge in [0.15, 0.2) is 0 Å². The zero-order valence-electron chi connectivity index (χ0n) is 10.2. The van der Waals surface area contributed by atoms with Gasteiger partial charge in [0, 0.05) is 13.7 Å². The summed E-state index contributed by atoms with van der Waals surface area (Å²) in [6.07, 6.45) is 2.06. The van der Waals surface area contributed by atoms with Gasteiger partial charge in [0.25, 0.3) is 0 Å². The fourth-order valence-electron chi connectivity index (χ4n) is 2.04. The van der Waals surface area contributed by atoms with Crippen molar-refractivity contribution in [1.82, 2.24) is 15.5 Å². The molecular formula is C11H19N3O3. The summed E-state index contributed by atoms with van der Waals surface area (Å²) in [6.45, 7) is 2.66. The maximum absolute atomic E-state index is 9.43. The van der Waals surface area contributed by atoms with Gasteiger partial charge in [0.2, 0.25) is 11.7 Å². The Morgan fingerprint density at radius 3 is 3.06 bits per heavy atom. The van der Waals surface area contributed by atoms with E-state index < -0.39 is 0 Å². The molecule has 2 heterocycles. The van der Waals surface area contributed by atoms with Crippen LogP contribution in [0.25, 0.3) is 0 Å². The van der Waals surface area contributed by atoms with E-state index in [4.69, 9.17) is 9.26 Å². The summed E-state index contributed by atoms with van der Waals surface area (Å²) in [5.74, 6) is 1.13. The number of aliphatic hydroxyl groups excluding tert-OH is 1. The van der Waals surface area contributed by atoms with Crippen molar-refractivity contribution in [2.45, 2.75) is 44.4 Å². The van der Waals surface area contributed by atoms with E-state index in [2.05, 4.69) is 22.4 Å². The Morgan fingerprint density at radius 2 is 2.47 bits per heavy atom. The van der Waals surface area contributed by atoms with Gasteiger partial charge in [0.05, 0.1) is 12.1 Å². The Balaban J connectivity index is 2.04. The molecule has 1 aliphatic heterocycles. The highest BCUT2D eigenvalue weighted by Crippen LogP contribution is 2.25. The van der Waals surface area contributed by atoms with Crippen molar-refractivity contribution in [1.29, 1.82) is 0 Å². The molecule has 2 rings (SSSR count). The first-order valence-corrected chi connectivity index (χ1v) is 6.02. The van der Waals surface area contributed by atoms with Gasteiger partial charge < -0.3 is 19.7 Å². The zero-order valence-corrected chi connectivity index (χ0v) is 10.2. The normalized spacial score (nSPS) is 26.3. The molecule has 3 atom stereocenters. The quantitative estimate of drug-likeness (QED) is 0.799. The molecule has 1 aromatic rings. The number of β-amino-alcohol motifs (C(OH)–C–C–N with tert-alkyl or cyclic N) is 1. The van der Waals surface area contributed by atoms with Crippen LogP contribution in [-0.4, -0.2) is 35.0 Å². The van der Waals surface area contributed by atoms with Gasteiger partial charge in [-0.3, -0.25) is 0 Å². The molecule has 0 aliphatic carbocycles. The van der Waals surface area contributed by atoms with Crippen LogP contribution in [0, 0.1) is 0 Å². The second kappa shape index (κ2) is 5.57. The van der Waals surface area contributed by atoms with Crippen LogP contribution in [0.3, 0.4) is 0 Å². The summed E-state index contributed by atoms with van der Waals surface area (Å²) in [7, 11) is 1.65. The molecule has 1 fully saturated rings. The number of hydrogen-bond donors (Lipinski definition) is 2. The van der Waals surface area contributed by atoms with Crippen LogP contribution in [-0.2, 0) is 4.74 Å². The van der Waals surface area contributed by atoms with Crippen molar-refractivity contribution in [3.8, 4) is 0 Å². The van der Waals surface area contributed by atoms with Crippen molar-refractivity contribution in [3.05, 3.63) is 11.7 Å². The zero-order chi connectivity index (χ0) is 12.3. The van der Waals surface area contributed by atoms with Crippen LogP contribution in [0.4, 0.5) is 0 Å². The standard InChI is InChI=1S/C11H19N3O3/c1-3-4-9(16-2)10-13-11(17-14-10)8-5-7(15)6-12-8/h7-9,12,15H,3-6H2,1-2H3/t7-,8-,9?/m1/s1. The minimum absolute atomic E-state index is 0.0367. The van der Waals surface area contributed by atoms with Gasteiger partial charge in [-0.15, -0.1) is 0 Å². The van der Waals surface area contributed by atoms with Gasteiger partial charge in [-0.05, 0) is 12.8 Å². The number of nitrogens with zero attached hydrogens (tertiary/aromatic N) is 2. The van der Waals surface area contributed by atoms with Crippen LogP contribution in [0.2, 0.25) is 0 Å². The summed E-state index contributed by atoms with van der Waals surface area (Å²) >= 11 is 0. The molecule has 0 saturated carbocycles. The van der Waals surface area contributed by atoms with Crippen LogP contribution in [0.5, 0.6) is 0 Å². The molecular weight excluding hydrogens is 222 g/mol. The highest BCUT2D eigenvalue weighted by Gasteiger charge is 2.29. The minimum atomic E-state index is -0.329. The van der Waals surface area contributed by atoms with E-state index in [1.54, 1.807) is 7.11 Å². The third kappa shape index (κ3) is 2.83. The molecule has 0 radical (unpaired) electrons. The summed E-state index contributed by atoms with van der Waals surface area (Å²) in [5, 5.41) is 16.5. The maximum Gasteiger partial charge on any atom is 0.243 e. The van der Waals surface area contributed by atoms with E-state index in [-0.39, 0.29) is 18.2 Å². The maximum atomic E-state index is 9.43. The third-order valence-electron chi connectivity index (χ3n) is 2.99. The number of aromatic nitrogens is 2. The Labute approximate surface area is 100 Å².